The molecule has 0 aliphatic rings. The number of hydrogen-bond acceptors (Lipinski definition) is 10. The number of nitriles is 1. The van der Waals surface area contributed by atoms with Crippen molar-refractivity contribution in [3.63, 3.8) is 0 Å². The zero-order chi connectivity index (χ0) is 27.9. The Bertz CT molecular complexity index is 1280. The molecule has 0 aliphatic heterocycles. The average Bonchev–Trinajstić information content (AvgIpc) is 3.38. The molecule has 3 heterocycles. The number of nitrogens with one attached hydrogen (secondary N) is 2. The maximum atomic E-state index is 15.0. The fraction of sp³-hybridized carbons (Fsp3) is 0.462. The molecule has 0 saturated heterocycles. The van der Waals surface area contributed by atoms with E-state index in [0.717, 1.165) is 6.07 Å². The lowest BCUT2D eigenvalue weighted by molar-refractivity contribution is -0.156. The highest BCUT2D eigenvalue weighted by molar-refractivity contribution is 5.70. The van der Waals surface area contributed by atoms with Crippen molar-refractivity contribution in [2.24, 2.45) is 5.92 Å². The average molecular weight is 525 g/mol. The number of esters is 1. The molecule has 0 radical (unpaired) electrons. The zero-order valence-electron chi connectivity index (χ0n) is 22.4. The zero-order valence-corrected chi connectivity index (χ0v) is 22.4. The van der Waals surface area contributed by atoms with Crippen molar-refractivity contribution in [1.29, 1.82) is 5.26 Å². The maximum absolute atomic E-state index is 15.0. The normalized spacial score (nSPS) is 12.9. The van der Waals surface area contributed by atoms with Gasteiger partial charge in [-0.25, -0.2) is 9.37 Å². The van der Waals surface area contributed by atoms with Gasteiger partial charge in [-0.05, 0) is 52.7 Å². The Labute approximate surface area is 221 Å². The number of carbonyl (C=O) groups is 1. The number of aromatic nitrogens is 5. The molecule has 0 amide bonds. The summed E-state index contributed by atoms with van der Waals surface area (Å²) < 4.78 is 26.0. The highest BCUT2D eigenvalue weighted by atomic mass is 19.1. The molecule has 0 spiro atoms. The first-order valence-electron chi connectivity index (χ1n) is 12.3. The summed E-state index contributed by atoms with van der Waals surface area (Å²) in [6.07, 6.45) is 4.78. The third-order valence-electron chi connectivity index (χ3n) is 5.47. The maximum Gasteiger partial charge on any atom is 0.306 e. The van der Waals surface area contributed by atoms with Gasteiger partial charge in [0.2, 0.25) is 0 Å². The summed E-state index contributed by atoms with van der Waals surface area (Å²) in [6.45, 7) is 11.6. The molecule has 0 fully saturated rings. The number of carbonyl (C=O) groups excluding carboxylic acids is 1. The molecule has 12 heteroatoms. The molecule has 202 valence electrons. The van der Waals surface area contributed by atoms with Crippen LogP contribution >= 0.6 is 0 Å². The van der Waals surface area contributed by atoms with Crippen molar-refractivity contribution in [3.05, 3.63) is 47.8 Å². The molecule has 38 heavy (non-hydrogen) atoms. The minimum atomic E-state index is -0.707. The summed E-state index contributed by atoms with van der Waals surface area (Å²) in [7, 11) is 0. The molecular weight excluding hydrogens is 491 g/mol. The van der Waals surface area contributed by atoms with Crippen LogP contribution in [0.2, 0.25) is 0 Å². The van der Waals surface area contributed by atoms with Gasteiger partial charge in [0.25, 0.3) is 0 Å². The van der Waals surface area contributed by atoms with Crippen LogP contribution in [-0.2, 0) is 14.3 Å². The van der Waals surface area contributed by atoms with Crippen LogP contribution in [0.4, 0.5) is 21.7 Å². The largest absolute Gasteiger partial charge is 0.460 e. The number of aryl methyl sites for hydroxylation is 1. The van der Waals surface area contributed by atoms with E-state index in [9.17, 15) is 10.1 Å². The third-order valence-corrected chi connectivity index (χ3v) is 5.47. The van der Waals surface area contributed by atoms with Gasteiger partial charge in [0.05, 0.1) is 54.6 Å². The minimum Gasteiger partial charge on any atom is -0.460 e. The molecule has 0 aromatic carbocycles. The minimum absolute atomic E-state index is 0.00977. The highest BCUT2D eigenvalue weighted by Gasteiger charge is 2.26. The van der Waals surface area contributed by atoms with E-state index in [1.54, 1.807) is 45.4 Å². The Morgan fingerprint density at radius 3 is 2.58 bits per heavy atom. The quantitative estimate of drug-likeness (QED) is 0.349. The lowest BCUT2D eigenvalue weighted by Gasteiger charge is -2.27. The number of pyridine rings is 2. The van der Waals surface area contributed by atoms with E-state index in [0.29, 0.717) is 23.7 Å². The Morgan fingerprint density at radius 1 is 1.24 bits per heavy atom. The summed E-state index contributed by atoms with van der Waals surface area (Å²) in [4.78, 5) is 22.6. The van der Waals surface area contributed by atoms with Crippen LogP contribution in [0.5, 0.6) is 0 Å². The van der Waals surface area contributed by atoms with E-state index in [1.807, 2.05) is 26.8 Å². The second-order valence-electron chi connectivity index (χ2n) is 9.78. The molecule has 11 nitrogen and oxygen atoms in total. The van der Waals surface area contributed by atoms with Crippen molar-refractivity contribution in [2.45, 2.75) is 59.6 Å². The predicted molar refractivity (Wildman–Crippen MR) is 140 cm³/mol. The Morgan fingerprint density at radius 2 is 1.95 bits per heavy atom. The second-order valence-corrected chi connectivity index (χ2v) is 9.78. The van der Waals surface area contributed by atoms with E-state index < -0.39 is 17.5 Å². The molecule has 3 aromatic heterocycles. The van der Waals surface area contributed by atoms with Crippen molar-refractivity contribution in [1.82, 2.24) is 25.0 Å². The highest BCUT2D eigenvalue weighted by Crippen LogP contribution is 2.26. The van der Waals surface area contributed by atoms with E-state index >= 15 is 4.39 Å². The van der Waals surface area contributed by atoms with Gasteiger partial charge in [0.15, 0.2) is 17.5 Å². The smallest absolute Gasteiger partial charge is 0.306 e. The molecule has 2 atom stereocenters. The Kier molecular flexibility index (Phi) is 9.30. The Balaban J connectivity index is 1.87. The summed E-state index contributed by atoms with van der Waals surface area (Å²) in [5, 5.41) is 24.0. The number of nitrogens with zero attached hydrogens (tertiary/aromatic N) is 6. The number of ether oxygens (including phenoxy) is 2. The molecule has 0 bridgehead atoms. The van der Waals surface area contributed by atoms with Crippen molar-refractivity contribution >= 4 is 23.3 Å². The fourth-order valence-corrected chi connectivity index (χ4v) is 3.60. The number of hydrogen-bond donors (Lipinski definition) is 2. The van der Waals surface area contributed by atoms with E-state index in [-0.39, 0.29) is 42.1 Å². The summed E-state index contributed by atoms with van der Waals surface area (Å²) in [5.41, 5.74) is 1.23. The van der Waals surface area contributed by atoms with Gasteiger partial charge in [-0.3, -0.25) is 9.78 Å². The van der Waals surface area contributed by atoms with Gasteiger partial charge < -0.3 is 20.1 Å². The summed E-state index contributed by atoms with van der Waals surface area (Å²) >= 11 is 0. The molecular formula is C26H33FN8O3. The second kappa shape index (κ2) is 12.4. The fourth-order valence-electron chi connectivity index (χ4n) is 3.60. The van der Waals surface area contributed by atoms with Crippen molar-refractivity contribution < 1.29 is 18.7 Å². The Hall–Kier alpha value is -4.11. The van der Waals surface area contributed by atoms with Crippen LogP contribution in [0, 0.1) is 30.0 Å². The van der Waals surface area contributed by atoms with E-state index in [1.165, 1.54) is 4.80 Å². The predicted octanol–water partition coefficient (Wildman–Crippen LogP) is 4.31. The van der Waals surface area contributed by atoms with Crippen LogP contribution in [0.3, 0.4) is 0 Å². The van der Waals surface area contributed by atoms with Crippen LogP contribution in [0.25, 0.3) is 5.69 Å². The van der Waals surface area contributed by atoms with Gasteiger partial charge in [-0.15, -0.1) is 4.80 Å². The lowest BCUT2D eigenvalue weighted by Crippen LogP contribution is -2.35. The lowest BCUT2D eigenvalue weighted by atomic mass is 9.98. The third kappa shape index (κ3) is 7.69. The topological polar surface area (TPSA) is 140 Å². The first-order valence-corrected chi connectivity index (χ1v) is 12.3. The van der Waals surface area contributed by atoms with Crippen LogP contribution in [0.15, 0.2) is 30.7 Å². The molecule has 2 N–H and O–H groups in total. The van der Waals surface area contributed by atoms with Gasteiger partial charge in [0.1, 0.15) is 17.4 Å². The first-order chi connectivity index (χ1) is 18.0. The SMILES string of the molecule is CCOC[C@@H](Nc1nc(Nc2cnc(C)c(-n3nccn3)c2)c(C#N)cc1F)[C@H](C)CC(=O)OC(C)(C)C. The summed E-state index contributed by atoms with van der Waals surface area (Å²) in [6, 6.07) is 4.37. The van der Waals surface area contributed by atoms with E-state index in [4.69, 9.17) is 9.47 Å². The van der Waals surface area contributed by atoms with Gasteiger partial charge in [-0.2, -0.15) is 15.5 Å². The number of halogens is 1. The summed E-state index contributed by atoms with van der Waals surface area (Å²) in [5.74, 6) is -1.28. The van der Waals surface area contributed by atoms with Gasteiger partial charge in [-0.1, -0.05) is 6.92 Å². The van der Waals surface area contributed by atoms with Gasteiger partial charge in [0, 0.05) is 6.61 Å². The van der Waals surface area contributed by atoms with Crippen molar-refractivity contribution in [2.75, 3.05) is 23.8 Å². The molecule has 3 rings (SSSR count). The molecule has 0 unspecified atom stereocenters. The van der Waals surface area contributed by atoms with Crippen molar-refractivity contribution in [3.8, 4) is 11.8 Å². The molecule has 3 aromatic rings. The van der Waals surface area contributed by atoms with Gasteiger partial charge >= 0.3 is 5.97 Å². The van der Waals surface area contributed by atoms with E-state index in [2.05, 4.69) is 30.8 Å². The standard InChI is InChI=1S/C26H33FN8O3/c1-7-37-15-21(16(2)10-23(36)38-26(4,5)6)33-25-20(27)11-18(13-28)24(34-25)32-19-12-22(17(3)29-14-19)35-30-8-9-31-35/h8-9,11-12,14,16,21H,7,10,15H2,1-6H3,(H2,32,33,34)/t16-,21-/m1/s1. The molecule has 0 saturated carbocycles. The number of rotatable bonds is 11. The van der Waals surface area contributed by atoms with Crippen LogP contribution < -0.4 is 10.6 Å². The molecule has 0 aliphatic carbocycles. The first kappa shape index (κ1) is 28.5. The van der Waals surface area contributed by atoms with Crippen LogP contribution in [0.1, 0.15) is 52.3 Å². The number of anilines is 3. The van der Waals surface area contributed by atoms with Crippen LogP contribution in [-0.4, -0.2) is 55.8 Å². The monoisotopic (exact) mass is 524 g/mol.